The zero-order chi connectivity index (χ0) is 17.8. The van der Waals surface area contributed by atoms with Crippen LogP contribution in [-0.2, 0) is 0 Å². The van der Waals surface area contributed by atoms with Crippen molar-refractivity contribution in [2.75, 3.05) is 0 Å². The van der Waals surface area contributed by atoms with Crippen molar-refractivity contribution in [2.45, 2.75) is 69.2 Å². The lowest BCUT2D eigenvalue weighted by molar-refractivity contribution is 0.469. The van der Waals surface area contributed by atoms with Crippen LogP contribution < -0.4 is 0 Å². The third-order valence-electron chi connectivity index (χ3n) is 1.51. The Labute approximate surface area is 139 Å². The van der Waals surface area contributed by atoms with Gasteiger partial charge in [-0.15, -0.1) is 0 Å². The van der Waals surface area contributed by atoms with Gasteiger partial charge in [-0.3, -0.25) is 4.98 Å². The van der Waals surface area contributed by atoms with Crippen molar-refractivity contribution in [3.05, 3.63) is 42.6 Å². The van der Waals surface area contributed by atoms with Crippen molar-refractivity contribution in [3.8, 4) is 0 Å². The highest BCUT2D eigenvalue weighted by atomic mass is 14.6. The van der Waals surface area contributed by atoms with Gasteiger partial charge in [0.2, 0.25) is 0 Å². The van der Waals surface area contributed by atoms with Crippen LogP contribution in [0.1, 0.15) is 69.2 Å². The molecule has 0 amide bonds. The first-order valence-electron chi connectivity index (χ1n) is 8.26. The molecule has 1 aromatic carbocycles. The van der Waals surface area contributed by atoms with Crippen molar-refractivity contribution in [2.24, 2.45) is 10.8 Å². The highest BCUT2D eigenvalue weighted by Gasteiger charge is 1.96. The maximum absolute atomic E-state index is 4.18. The smallest absolute Gasteiger partial charge is 0.0701 e. The van der Waals surface area contributed by atoms with Crippen LogP contribution in [0.3, 0.4) is 0 Å². The topological polar surface area (TPSA) is 12.9 Å². The van der Waals surface area contributed by atoms with Crippen molar-refractivity contribution < 1.29 is 0 Å². The molecule has 0 aliphatic carbocycles. The molecule has 1 heteroatoms. The number of hydrogen-bond donors (Lipinski definition) is 0. The molecule has 0 N–H and O–H groups in total. The standard InChI is InChI=1S/C9H7N.2C5H12.C2H6/c1-2-6-9-8(4-1)5-3-7-10-9;2*1-5(2,3)4;1-2/h1-7H;2*1-4H3;1-2H3. The summed E-state index contributed by atoms with van der Waals surface area (Å²) in [5.41, 5.74) is 2.06. The van der Waals surface area contributed by atoms with Crippen molar-refractivity contribution >= 4 is 10.9 Å². The van der Waals surface area contributed by atoms with E-state index in [1.54, 1.807) is 0 Å². The Hall–Kier alpha value is -1.37. The Morgan fingerprint density at radius 2 is 1.00 bits per heavy atom. The molecule has 0 saturated carbocycles. The Morgan fingerprint density at radius 3 is 1.41 bits per heavy atom. The van der Waals surface area contributed by atoms with Crippen LogP contribution in [0.2, 0.25) is 0 Å². The predicted octanol–water partition coefficient (Wildman–Crippen LogP) is 7.37. The Kier molecular flexibility index (Phi) is 11.7. The number of pyridine rings is 1. The molecule has 0 atom stereocenters. The summed E-state index contributed by atoms with van der Waals surface area (Å²) < 4.78 is 0. The fourth-order valence-electron chi connectivity index (χ4n) is 1.02. The molecule has 0 aliphatic rings. The van der Waals surface area contributed by atoms with Crippen LogP contribution in [-0.4, -0.2) is 4.98 Å². The minimum atomic E-state index is 0.500. The van der Waals surface area contributed by atoms with E-state index < -0.39 is 0 Å². The Morgan fingerprint density at radius 1 is 0.636 bits per heavy atom. The van der Waals surface area contributed by atoms with Gasteiger partial charge in [0.15, 0.2) is 0 Å². The van der Waals surface area contributed by atoms with Gasteiger partial charge in [-0.2, -0.15) is 0 Å². The van der Waals surface area contributed by atoms with Gasteiger partial charge in [0.25, 0.3) is 0 Å². The molecule has 0 fully saturated rings. The summed E-state index contributed by atoms with van der Waals surface area (Å²) in [6.45, 7) is 21.5. The number of rotatable bonds is 0. The summed E-state index contributed by atoms with van der Waals surface area (Å²) in [4.78, 5) is 4.18. The fourth-order valence-corrected chi connectivity index (χ4v) is 1.02. The minimum Gasteiger partial charge on any atom is -0.256 e. The molecule has 2 rings (SSSR count). The van der Waals surface area contributed by atoms with E-state index in [4.69, 9.17) is 0 Å². The number of para-hydroxylation sites is 1. The number of aromatic nitrogens is 1. The summed E-state index contributed by atoms with van der Waals surface area (Å²) in [6.07, 6.45) is 1.81. The van der Waals surface area contributed by atoms with Crippen LogP contribution in [0.15, 0.2) is 42.6 Å². The molecule has 0 spiro atoms. The first-order valence-corrected chi connectivity index (χ1v) is 8.26. The van der Waals surface area contributed by atoms with E-state index in [1.807, 2.05) is 44.3 Å². The van der Waals surface area contributed by atoms with Gasteiger partial charge >= 0.3 is 0 Å². The van der Waals surface area contributed by atoms with E-state index in [0.717, 1.165) is 5.52 Å². The molecule has 126 valence electrons. The van der Waals surface area contributed by atoms with Crippen LogP contribution in [0, 0.1) is 10.8 Å². The lowest BCUT2D eigenvalue weighted by Crippen LogP contribution is -1.93. The highest BCUT2D eigenvalue weighted by Crippen LogP contribution is 2.09. The van der Waals surface area contributed by atoms with Gasteiger partial charge in [0, 0.05) is 11.6 Å². The predicted molar refractivity (Wildman–Crippen MR) is 103 cm³/mol. The zero-order valence-electron chi connectivity index (χ0n) is 16.5. The first-order chi connectivity index (χ1) is 9.97. The van der Waals surface area contributed by atoms with Crippen LogP contribution in [0.4, 0.5) is 0 Å². The number of nitrogens with zero attached hydrogens (tertiary/aromatic N) is 1. The molecular weight excluding hydrogens is 266 g/mol. The molecule has 2 aromatic rings. The SMILES string of the molecule is CC.CC(C)(C)C.CC(C)(C)C.c1ccc2ncccc2c1. The van der Waals surface area contributed by atoms with Gasteiger partial charge < -0.3 is 0 Å². The molecular formula is C21H37N. The van der Waals surface area contributed by atoms with Crippen LogP contribution in [0.5, 0.6) is 0 Å². The molecule has 1 nitrogen and oxygen atoms in total. The summed E-state index contributed by atoms with van der Waals surface area (Å²) in [7, 11) is 0. The van der Waals surface area contributed by atoms with Crippen LogP contribution >= 0.6 is 0 Å². The Bertz CT molecular complexity index is 397. The van der Waals surface area contributed by atoms with Gasteiger partial charge in [-0.1, -0.05) is 93.5 Å². The molecule has 22 heavy (non-hydrogen) atoms. The third-order valence-corrected chi connectivity index (χ3v) is 1.51. The van der Waals surface area contributed by atoms with E-state index >= 15 is 0 Å². The monoisotopic (exact) mass is 303 g/mol. The highest BCUT2D eigenvalue weighted by molar-refractivity contribution is 5.77. The second-order valence-electron chi connectivity index (χ2n) is 8.20. The molecule has 0 unspecified atom stereocenters. The van der Waals surface area contributed by atoms with Crippen molar-refractivity contribution in [1.82, 2.24) is 4.98 Å². The fraction of sp³-hybridized carbons (Fsp3) is 0.571. The first kappa shape index (κ1) is 22.9. The minimum absolute atomic E-state index is 0.500. The second-order valence-corrected chi connectivity index (χ2v) is 8.20. The van der Waals surface area contributed by atoms with Crippen molar-refractivity contribution in [3.63, 3.8) is 0 Å². The summed E-state index contributed by atoms with van der Waals surface area (Å²) in [5.74, 6) is 0. The molecule has 0 aliphatic heterocycles. The largest absolute Gasteiger partial charge is 0.256 e. The van der Waals surface area contributed by atoms with E-state index in [-0.39, 0.29) is 0 Å². The summed E-state index contributed by atoms with van der Waals surface area (Å²) >= 11 is 0. The molecule has 0 bridgehead atoms. The average molecular weight is 304 g/mol. The third kappa shape index (κ3) is 20.9. The van der Waals surface area contributed by atoms with E-state index in [0.29, 0.717) is 10.8 Å². The normalized spacial score (nSPS) is 10.3. The number of hydrogen-bond acceptors (Lipinski definition) is 1. The number of fused-ring (bicyclic) bond motifs is 1. The Balaban J connectivity index is 0. The van der Waals surface area contributed by atoms with E-state index in [2.05, 4.69) is 72.5 Å². The molecule has 1 aromatic heterocycles. The van der Waals surface area contributed by atoms with E-state index in [9.17, 15) is 0 Å². The maximum atomic E-state index is 4.18. The second kappa shape index (κ2) is 11.2. The summed E-state index contributed by atoms with van der Waals surface area (Å²) in [6, 6.07) is 12.1. The molecule has 1 heterocycles. The average Bonchev–Trinajstić information content (AvgIpc) is 2.37. The molecule has 0 saturated heterocycles. The zero-order valence-corrected chi connectivity index (χ0v) is 16.5. The van der Waals surface area contributed by atoms with Gasteiger partial charge in [0.05, 0.1) is 5.52 Å². The number of benzene rings is 1. The van der Waals surface area contributed by atoms with Gasteiger partial charge in [-0.05, 0) is 23.0 Å². The van der Waals surface area contributed by atoms with E-state index in [1.165, 1.54) is 5.39 Å². The summed E-state index contributed by atoms with van der Waals surface area (Å²) in [5, 5.41) is 1.20. The van der Waals surface area contributed by atoms with Gasteiger partial charge in [-0.25, -0.2) is 0 Å². The maximum Gasteiger partial charge on any atom is 0.0701 e. The van der Waals surface area contributed by atoms with Crippen LogP contribution in [0.25, 0.3) is 10.9 Å². The molecule has 0 radical (unpaired) electrons. The quantitative estimate of drug-likeness (QED) is 0.495. The lowest BCUT2D eigenvalue weighted by atomic mass is 10.0. The van der Waals surface area contributed by atoms with Crippen molar-refractivity contribution in [1.29, 1.82) is 0 Å². The van der Waals surface area contributed by atoms with Gasteiger partial charge in [0.1, 0.15) is 0 Å². The lowest BCUT2D eigenvalue weighted by Gasteiger charge is -2.05.